The molecule has 0 aliphatic heterocycles. The molecule has 0 N–H and O–H groups in total. The van der Waals surface area contributed by atoms with Gasteiger partial charge in [0.25, 0.3) is 0 Å². The molecule has 0 heterocycles. The zero-order valence-corrected chi connectivity index (χ0v) is 15.7. The number of rotatable bonds is 6. The second-order valence-electron chi connectivity index (χ2n) is 6.66. The van der Waals surface area contributed by atoms with Crippen molar-refractivity contribution in [2.45, 2.75) is 52.9 Å². The maximum atomic E-state index is 12.1. The Balaban J connectivity index is 2.58. The standard InChI is InChI=1S/C18H29NO2Si/c1-15(2)19(16(3)4)18(20)21-13-10-14-22(5,6)17-11-8-7-9-12-17/h7-12,14-16H,13H2,1-6H3/b14-10-. The molecule has 0 saturated carbocycles. The third-order valence-corrected chi connectivity index (χ3v) is 6.57. The molecule has 1 rings (SSSR count). The van der Waals surface area contributed by atoms with Crippen LogP contribution in [-0.4, -0.2) is 37.8 Å². The lowest BCUT2D eigenvalue weighted by atomic mass is 10.2. The molecule has 0 radical (unpaired) electrons. The van der Waals surface area contributed by atoms with Crippen LogP contribution in [0.25, 0.3) is 0 Å². The Labute approximate surface area is 136 Å². The van der Waals surface area contributed by atoms with Gasteiger partial charge in [0, 0.05) is 12.1 Å². The summed E-state index contributed by atoms with van der Waals surface area (Å²) in [5.74, 6) is 0. The van der Waals surface area contributed by atoms with Crippen LogP contribution in [0.15, 0.2) is 42.1 Å². The molecule has 0 saturated heterocycles. The van der Waals surface area contributed by atoms with Crippen molar-refractivity contribution in [1.29, 1.82) is 0 Å². The molecular weight excluding hydrogens is 290 g/mol. The van der Waals surface area contributed by atoms with Gasteiger partial charge in [-0.1, -0.05) is 60.4 Å². The van der Waals surface area contributed by atoms with Gasteiger partial charge < -0.3 is 9.64 Å². The largest absolute Gasteiger partial charge is 0.445 e. The number of hydrogen-bond acceptors (Lipinski definition) is 2. The molecule has 3 nitrogen and oxygen atoms in total. The van der Waals surface area contributed by atoms with Gasteiger partial charge in [-0.3, -0.25) is 0 Å². The van der Waals surface area contributed by atoms with E-state index in [1.165, 1.54) is 5.19 Å². The van der Waals surface area contributed by atoms with Crippen LogP contribution in [0.2, 0.25) is 13.1 Å². The number of amides is 1. The second kappa shape index (κ2) is 8.18. The highest BCUT2D eigenvalue weighted by Gasteiger charge is 2.21. The number of nitrogens with zero attached hydrogens (tertiary/aromatic N) is 1. The molecule has 0 unspecified atom stereocenters. The lowest BCUT2D eigenvalue weighted by molar-refractivity contribution is 0.0876. The van der Waals surface area contributed by atoms with Crippen LogP contribution in [0.3, 0.4) is 0 Å². The molecule has 0 aliphatic carbocycles. The summed E-state index contributed by atoms with van der Waals surface area (Å²) >= 11 is 0. The summed E-state index contributed by atoms with van der Waals surface area (Å²) in [7, 11) is -1.61. The van der Waals surface area contributed by atoms with Crippen molar-refractivity contribution in [2.75, 3.05) is 6.61 Å². The number of carbonyl (C=O) groups is 1. The highest BCUT2D eigenvalue weighted by atomic mass is 28.3. The predicted molar refractivity (Wildman–Crippen MR) is 96.2 cm³/mol. The van der Waals surface area contributed by atoms with Crippen LogP contribution in [0, 0.1) is 0 Å². The van der Waals surface area contributed by atoms with Crippen molar-refractivity contribution in [1.82, 2.24) is 4.90 Å². The Morgan fingerprint density at radius 3 is 2.18 bits per heavy atom. The highest BCUT2D eigenvalue weighted by Crippen LogP contribution is 2.08. The third-order valence-electron chi connectivity index (χ3n) is 3.68. The number of carbonyl (C=O) groups excluding carboxylic acids is 1. The van der Waals surface area contributed by atoms with Crippen LogP contribution in [0.5, 0.6) is 0 Å². The monoisotopic (exact) mass is 319 g/mol. The Bertz CT molecular complexity index is 487. The minimum absolute atomic E-state index is 0.145. The van der Waals surface area contributed by atoms with E-state index >= 15 is 0 Å². The first-order valence-corrected chi connectivity index (χ1v) is 11.0. The van der Waals surface area contributed by atoms with Crippen LogP contribution >= 0.6 is 0 Å². The van der Waals surface area contributed by atoms with Crippen molar-refractivity contribution in [3.05, 3.63) is 42.1 Å². The molecule has 122 valence electrons. The van der Waals surface area contributed by atoms with Crippen molar-refractivity contribution in [3.63, 3.8) is 0 Å². The van der Waals surface area contributed by atoms with E-state index < -0.39 is 8.07 Å². The lowest BCUT2D eigenvalue weighted by Gasteiger charge is -2.29. The van der Waals surface area contributed by atoms with Gasteiger partial charge in [-0.2, -0.15) is 0 Å². The van der Waals surface area contributed by atoms with E-state index in [2.05, 4.69) is 43.1 Å². The fraction of sp³-hybridized carbons (Fsp3) is 0.500. The van der Waals surface area contributed by atoms with Crippen LogP contribution in [0.4, 0.5) is 4.79 Å². The maximum Gasteiger partial charge on any atom is 0.410 e. The van der Waals surface area contributed by atoms with Crippen molar-refractivity contribution < 1.29 is 9.53 Å². The summed E-state index contributed by atoms with van der Waals surface area (Å²) in [5, 5.41) is 1.38. The smallest absolute Gasteiger partial charge is 0.410 e. The summed E-state index contributed by atoms with van der Waals surface area (Å²) in [6, 6.07) is 10.8. The summed E-state index contributed by atoms with van der Waals surface area (Å²) in [6.07, 6.45) is 1.74. The fourth-order valence-corrected chi connectivity index (χ4v) is 4.45. The molecule has 0 aliphatic rings. The predicted octanol–water partition coefficient (Wildman–Crippen LogP) is 3.95. The van der Waals surface area contributed by atoms with Gasteiger partial charge in [-0.05, 0) is 27.7 Å². The van der Waals surface area contributed by atoms with E-state index in [-0.39, 0.29) is 18.2 Å². The van der Waals surface area contributed by atoms with E-state index in [0.717, 1.165) is 0 Å². The Hall–Kier alpha value is -1.55. The SMILES string of the molecule is CC(C)N(C(=O)OC/C=C\[Si](C)(C)c1ccccc1)C(C)C. The molecule has 1 aromatic rings. The third kappa shape index (κ3) is 5.33. The molecule has 4 heteroatoms. The Morgan fingerprint density at radius 2 is 1.68 bits per heavy atom. The van der Waals surface area contributed by atoms with E-state index in [1.807, 2.05) is 39.8 Å². The lowest BCUT2D eigenvalue weighted by Crippen LogP contribution is -2.42. The van der Waals surface area contributed by atoms with E-state index in [1.54, 1.807) is 4.90 Å². The van der Waals surface area contributed by atoms with Gasteiger partial charge in [-0.15, -0.1) is 0 Å². The van der Waals surface area contributed by atoms with Crippen LogP contribution in [-0.2, 0) is 4.74 Å². The van der Waals surface area contributed by atoms with Gasteiger partial charge in [0.05, 0.1) is 0 Å². The molecule has 0 spiro atoms. The minimum Gasteiger partial charge on any atom is -0.445 e. The van der Waals surface area contributed by atoms with E-state index in [9.17, 15) is 4.79 Å². The van der Waals surface area contributed by atoms with Gasteiger partial charge in [0.2, 0.25) is 0 Å². The normalized spacial score (nSPS) is 12.2. The summed E-state index contributed by atoms with van der Waals surface area (Å²) in [6.45, 7) is 12.9. The quantitative estimate of drug-likeness (QED) is 0.743. The molecule has 22 heavy (non-hydrogen) atoms. The first kappa shape index (κ1) is 18.5. The van der Waals surface area contributed by atoms with Crippen LogP contribution < -0.4 is 5.19 Å². The van der Waals surface area contributed by atoms with Gasteiger partial charge in [-0.25, -0.2) is 4.79 Å². The number of benzene rings is 1. The number of ether oxygens (including phenoxy) is 1. The zero-order chi connectivity index (χ0) is 16.8. The minimum atomic E-state index is -1.61. The van der Waals surface area contributed by atoms with Crippen LogP contribution in [0.1, 0.15) is 27.7 Å². The molecule has 0 bridgehead atoms. The topological polar surface area (TPSA) is 29.5 Å². The summed E-state index contributed by atoms with van der Waals surface area (Å²) in [4.78, 5) is 13.9. The average Bonchev–Trinajstić information content (AvgIpc) is 2.44. The molecule has 0 aromatic heterocycles. The van der Waals surface area contributed by atoms with Crippen molar-refractivity contribution >= 4 is 19.4 Å². The van der Waals surface area contributed by atoms with Crippen molar-refractivity contribution in [2.24, 2.45) is 0 Å². The van der Waals surface area contributed by atoms with Gasteiger partial charge in [0.15, 0.2) is 0 Å². The molecule has 1 aromatic carbocycles. The highest BCUT2D eigenvalue weighted by molar-refractivity contribution is 6.93. The van der Waals surface area contributed by atoms with E-state index in [4.69, 9.17) is 4.74 Å². The second-order valence-corrected chi connectivity index (χ2v) is 11.0. The molecule has 0 fully saturated rings. The fourth-order valence-electron chi connectivity index (χ4n) is 2.52. The molecule has 1 amide bonds. The zero-order valence-electron chi connectivity index (χ0n) is 14.7. The first-order chi connectivity index (χ1) is 10.3. The first-order valence-electron chi connectivity index (χ1n) is 7.94. The van der Waals surface area contributed by atoms with Gasteiger partial charge in [0.1, 0.15) is 14.7 Å². The average molecular weight is 320 g/mol. The van der Waals surface area contributed by atoms with Crippen molar-refractivity contribution in [3.8, 4) is 0 Å². The van der Waals surface area contributed by atoms with Gasteiger partial charge >= 0.3 is 6.09 Å². The Kier molecular flexibility index (Phi) is 6.88. The molecular formula is C18H29NO2Si. The molecule has 0 atom stereocenters. The number of hydrogen-bond donors (Lipinski definition) is 0. The Morgan fingerprint density at radius 1 is 1.14 bits per heavy atom. The maximum absolute atomic E-state index is 12.1. The van der Waals surface area contributed by atoms with E-state index in [0.29, 0.717) is 6.61 Å². The summed E-state index contributed by atoms with van der Waals surface area (Å²) in [5.41, 5.74) is 2.23. The summed E-state index contributed by atoms with van der Waals surface area (Å²) < 4.78 is 5.38.